The van der Waals surface area contributed by atoms with Crippen molar-refractivity contribution < 1.29 is 19.4 Å². The first kappa shape index (κ1) is 23.8. The van der Waals surface area contributed by atoms with Crippen LogP contribution in [0.2, 0.25) is 0 Å². The maximum Gasteiger partial charge on any atom is 0.300 e. The lowest BCUT2D eigenvalue weighted by molar-refractivity contribution is -0.132. The molecular formula is C28H29NO4S. The third-order valence-electron chi connectivity index (χ3n) is 6.11. The van der Waals surface area contributed by atoms with Gasteiger partial charge in [-0.1, -0.05) is 31.5 Å². The molecule has 0 bridgehead atoms. The van der Waals surface area contributed by atoms with Crippen molar-refractivity contribution in [2.45, 2.75) is 46.6 Å². The molecular weight excluding hydrogens is 446 g/mol. The van der Waals surface area contributed by atoms with Crippen molar-refractivity contribution in [1.29, 1.82) is 0 Å². The van der Waals surface area contributed by atoms with Crippen LogP contribution in [0, 0.1) is 13.8 Å². The highest BCUT2D eigenvalue weighted by atomic mass is 32.1. The highest BCUT2D eigenvalue weighted by Crippen LogP contribution is 2.45. The van der Waals surface area contributed by atoms with Crippen molar-refractivity contribution in [1.82, 2.24) is 0 Å². The molecule has 0 aliphatic carbocycles. The zero-order chi connectivity index (χ0) is 24.6. The summed E-state index contributed by atoms with van der Waals surface area (Å²) in [4.78, 5) is 29.0. The number of aliphatic hydroxyl groups excluding tert-OH is 1. The van der Waals surface area contributed by atoms with Crippen LogP contribution < -0.4 is 9.64 Å². The van der Waals surface area contributed by atoms with Gasteiger partial charge in [-0.3, -0.25) is 14.5 Å². The van der Waals surface area contributed by atoms with Gasteiger partial charge in [-0.25, -0.2) is 0 Å². The number of aliphatic hydroxyl groups is 1. The predicted molar refractivity (Wildman–Crippen MR) is 137 cm³/mol. The van der Waals surface area contributed by atoms with E-state index in [4.69, 9.17) is 4.74 Å². The number of carbonyl (C=O) groups excluding carboxylic acids is 2. The Hall–Kier alpha value is -3.38. The van der Waals surface area contributed by atoms with Crippen LogP contribution in [0.25, 0.3) is 5.76 Å². The van der Waals surface area contributed by atoms with E-state index in [0.717, 1.165) is 27.3 Å². The molecule has 1 N–H and O–H groups in total. The van der Waals surface area contributed by atoms with Crippen LogP contribution in [-0.2, 0) is 9.59 Å². The second-order valence-electron chi connectivity index (χ2n) is 8.81. The van der Waals surface area contributed by atoms with Gasteiger partial charge >= 0.3 is 0 Å². The van der Waals surface area contributed by atoms with Gasteiger partial charge in [0.25, 0.3) is 11.7 Å². The molecule has 1 aliphatic heterocycles. The van der Waals surface area contributed by atoms with Crippen molar-refractivity contribution in [2.75, 3.05) is 11.5 Å². The number of ether oxygens (including phenoxy) is 1. The normalized spacial score (nSPS) is 17.6. The molecule has 1 amide bonds. The number of ketones is 1. The maximum atomic E-state index is 13.3. The van der Waals surface area contributed by atoms with Crippen LogP contribution in [0.4, 0.5) is 5.69 Å². The molecule has 1 atom stereocenters. The van der Waals surface area contributed by atoms with Crippen LogP contribution in [-0.4, -0.2) is 23.4 Å². The highest BCUT2D eigenvalue weighted by Gasteiger charge is 2.47. The summed E-state index contributed by atoms with van der Waals surface area (Å²) in [6.07, 6.45) is 0. The van der Waals surface area contributed by atoms with Crippen molar-refractivity contribution in [3.05, 3.63) is 86.6 Å². The van der Waals surface area contributed by atoms with Gasteiger partial charge in [0.15, 0.2) is 0 Å². The molecule has 5 nitrogen and oxygen atoms in total. The molecule has 4 rings (SSSR count). The number of nitrogens with zero attached hydrogens (tertiary/aromatic N) is 1. The number of anilines is 1. The van der Waals surface area contributed by atoms with E-state index < -0.39 is 17.7 Å². The van der Waals surface area contributed by atoms with Gasteiger partial charge in [0, 0.05) is 16.1 Å². The minimum atomic E-state index is -0.697. The Morgan fingerprint density at radius 2 is 1.79 bits per heavy atom. The van der Waals surface area contributed by atoms with Crippen LogP contribution in [0.5, 0.6) is 5.75 Å². The lowest BCUT2D eigenvalue weighted by Crippen LogP contribution is -2.29. The fraction of sp³-hybridized carbons (Fsp3) is 0.286. The molecule has 2 aromatic carbocycles. The summed E-state index contributed by atoms with van der Waals surface area (Å²) in [7, 11) is 0. The Balaban J connectivity index is 1.92. The number of hydrogen-bond acceptors (Lipinski definition) is 5. The topological polar surface area (TPSA) is 66.8 Å². The van der Waals surface area contributed by atoms with E-state index in [1.807, 2.05) is 82.5 Å². The third kappa shape index (κ3) is 4.14. The van der Waals surface area contributed by atoms with E-state index in [1.165, 1.54) is 16.2 Å². The molecule has 176 valence electrons. The van der Waals surface area contributed by atoms with Crippen LogP contribution in [0.3, 0.4) is 0 Å². The zero-order valence-electron chi connectivity index (χ0n) is 20.1. The standard InChI is InChI=1S/C28H29NO4S/c1-6-33-22-12-9-19(15-21(22)16(2)3)25(30)23-24(27-18(5)13-14-34-27)29(28(32)26(23)31)20-10-7-17(4)8-11-20/h7-16,24,30H,6H2,1-5H3/b25-23-. The van der Waals surface area contributed by atoms with Gasteiger partial charge in [-0.2, -0.15) is 0 Å². The van der Waals surface area contributed by atoms with Crippen molar-refractivity contribution in [3.63, 3.8) is 0 Å². The summed E-state index contributed by atoms with van der Waals surface area (Å²) in [6.45, 7) is 10.5. The Morgan fingerprint density at radius 1 is 1.09 bits per heavy atom. The Morgan fingerprint density at radius 3 is 2.38 bits per heavy atom. The first-order valence-corrected chi connectivity index (χ1v) is 12.3. The second-order valence-corrected chi connectivity index (χ2v) is 9.76. The average molecular weight is 476 g/mol. The zero-order valence-corrected chi connectivity index (χ0v) is 20.9. The molecule has 0 spiro atoms. The molecule has 1 unspecified atom stereocenters. The molecule has 1 aliphatic rings. The largest absolute Gasteiger partial charge is 0.507 e. The minimum Gasteiger partial charge on any atom is -0.507 e. The summed E-state index contributed by atoms with van der Waals surface area (Å²) in [5, 5.41) is 13.4. The number of thiophene rings is 1. The van der Waals surface area contributed by atoms with Gasteiger partial charge < -0.3 is 9.84 Å². The molecule has 1 fully saturated rings. The van der Waals surface area contributed by atoms with Gasteiger partial charge in [0.1, 0.15) is 17.6 Å². The summed E-state index contributed by atoms with van der Waals surface area (Å²) in [6, 6.07) is 14.2. The van der Waals surface area contributed by atoms with Crippen molar-refractivity contribution >= 4 is 34.5 Å². The molecule has 0 saturated carbocycles. The van der Waals surface area contributed by atoms with Crippen LogP contribution in [0.1, 0.15) is 59.9 Å². The molecule has 3 aromatic rings. The molecule has 34 heavy (non-hydrogen) atoms. The van der Waals surface area contributed by atoms with Crippen LogP contribution in [0.15, 0.2) is 59.5 Å². The Bertz CT molecular complexity index is 1270. The highest BCUT2D eigenvalue weighted by molar-refractivity contribution is 7.10. The number of benzene rings is 2. The summed E-state index contributed by atoms with van der Waals surface area (Å²) in [5.74, 6) is -0.593. The number of amides is 1. The fourth-order valence-electron chi connectivity index (χ4n) is 4.31. The van der Waals surface area contributed by atoms with E-state index in [2.05, 4.69) is 0 Å². The quantitative estimate of drug-likeness (QED) is 0.251. The molecule has 1 aromatic heterocycles. The average Bonchev–Trinajstić information content (AvgIpc) is 3.34. The lowest BCUT2D eigenvalue weighted by atomic mass is 9.94. The van der Waals surface area contributed by atoms with Gasteiger partial charge in [-0.15, -0.1) is 11.3 Å². The molecule has 1 saturated heterocycles. The van der Waals surface area contributed by atoms with E-state index in [0.29, 0.717) is 17.9 Å². The molecule has 6 heteroatoms. The number of hydrogen-bond donors (Lipinski definition) is 1. The number of aryl methyl sites for hydroxylation is 2. The Kier molecular flexibility index (Phi) is 6.62. The smallest absolute Gasteiger partial charge is 0.300 e. The third-order valence-corrected chi connectivity index (χ3v) is 7.18. The Labute approximate surface area is 204 Å². The number of rotatable bonds is 6. The van der Waals surface area contributed by atoms with E-state index in [9.17, 15) is 14.7 Å². The first-order chi connectivity index (χ1) is 16.2. The lowest BCUT2D eigenvalue weighted by Gasteiger charge is -2.25. The molecule has 0 radical (unpaired) electrons. The number of carbonyl (C=O) groups is 2. The second kappa shape index (κ2) is 9.47. The van der Waals surface area contributed by atoms with E-state index in [-0.39, 0.29) is 17.3 Å². The summed E-state index contributed by atoms with van der Waals surface area (Å²) >= 11 is 1.47. The summed E-state index contributed by atoms with van der Waals surface area (Å²) < 4.78 is 5.75. The molecule has 2 heterocycles. The van der Waals surface area contributed by atoms with Crippen molar-refractivity contribution in [2.24, 2.45) is 0 Å². The number of Topliss-reactive ketones (excluding diaryl/α,β-unsaturated/α-hetero) is 1. The van der Waals surface area contributed by atoms with Crippen LogP contribution >= 0.6 is 11.3 Å². The summed E-state index contributed by atoms with van der Waals surface area (Å²) in [5.41, 5.74) is 4.18. The van der Waals surface area contributed by atoms with Gasteiger partial charge in [-0.05, 0) is 79.6 Å². The monoisotopic (exact) mass is 475 g/mol. The van der Waals surface area contributed by atoms with Crippen molar-refractivity contribution in [3.8, 4) is 5.75 Å². The van der Waals surface area contributed by atoms with E-state index in [1.54, 1.807) is 6.07 Å². The fourth-order valence-corrected chi connectivity index (χ4v) is 5.33. The first-order valence-electron chi connectivity index (χ1n) is 11.4. The van der Waals surface area contributed by atoms with E-state index >= 15 is 0 Å². The predicted octanol–water partition coefficient (Wildman–Crippen LogP) is 6.51. The van der Waals surface area contributed by atoms with Gasteiger partial charge in [0.05, 0.1) is 12.2 Å². The maximum absolute atomic E-state index is 13.3. The minimum absolute atomic E-state index is 0.106. The SMILES string of the molecule is CCOc1ccc(/C(O)=C2/C(=O)C(=O)N(c3ccc(C)cc3)C2c2sccc2C)cc1C(C)C. The van der Waals surface area contributed by atoms with Gasteiger partial charge in [0.2, 0.25) is 0 Å².